The molecular formula is C14H14N2O2S. The number of rotatable bonds is 3. The van der Waals surface area contributed by atoms with Gasteiger partial charge in [-0.25, -0.2) is 0 Å². The summed E-state index contributed by atoms with van der Waals surface area (Å²) in [5, 5.41) is 2.89. The highest BCUT2D eigenvalue weighted by Crippen LogP contribution is 2.35. The molecule has 3 N–H and O–H groups in total. The van der Waals surface area contributed by atoms with Gasteiger partial charge in [0.2, 0.25) is 5.91 Å². The van der Waals surface area contributed by atoms with Crippen molar-refractivity contribution in [1.82, 2.24) is 0 Å². The quantitative estimate of drug-likeness (QED) is 0.667. The molecule has 1 amide bonds. The number of carbonyl (C=O) groups excluding carboxylic acids is 1. The molecular weight excluding hydrogens is 260 g/mol. The fourth-order valence-electron chi connectivity index (χ4n) is 2.10. The second-order valence-electron chi connectivity index (χ2n) is 4.46. The Morgan fingerprint density at radius 2 is 2.26 bits per heavy atom. The summed E-state index contributed by atoms with van der Waals surface area (Å²) in [5.74, 6) is 1.70. The molecule has 0 saturated heterocycles. The topological polar surface area (TPSA) is 68.3 Å². The van der Waals surface area contributed by atoms with Crippen molar-refractivity contribution in [3.8, 4) is 0 Å². The zero-order chi connectivity index (χ0) is 13.2. The average Bonchev–Trinajstić information content (AvgIpc) is 2.90. The molecule has 0 radical (unpaired) electrons. The number of nitrogen functional groups attached to an aromatic ring is 1. The van der Waals surface area contributed by atoms with Crippen LogP contribution in [0.2, 0.25) is 0 Å². The number of furan rings is 1. The van der Waals surface area contributed by atoms with Gasteiger partial charge < -0.3 is 15.5 Å². The second-order valence-corrected chi connectivity index (χ2v) is 5.48. The van der Waals surface area contributed by atoms with Crippen LogP contribution in [0, 0.1) is 0 Å². The largest absolute Gasteiger partial charge is 0.468 e. The van der Waals surface area contributed by atoms with Crippen LogP contribution in [0.5, 0.6) is 0 Å². The molecule has 0 atom stereocenters. The Morgan fingerprint density at radius 1 is 1.37 bits per heavy atom. The highest BCUT2D eigenvalue weighted by Gasteiger charge is 2.16. The monoisotopic (exact) mass is 274 g/mol. The zero-order valence-electron chi connectivity index (χ0n) is 10.3. The summed E-state index contributed by atoms with van der Waals surface area (Å²) in [5.41, 5.74) is 8.80. The molecule has 1 aliphatic heterocycles. The SMILES string of the molecule is Nc1cc2c(cc1SCc1ccco1)NC(=O)CC2. The lowest BCUT2D eigenvalue weighted by molar-refractivity contribution is -0.116. The summed E-state index contributed by atoms with van der Waals surface area (Å²) in [7, 11) is 0. The minimum atomic E-state index is 0.0688. The summed E-state index contributed by atoms with van der Waals surface area (Å²) in [6.07, 6.45) is 2.95. The lowest BCUT2D eigenvalue weighted by atomic mass is 10.0. The van der Waals surface area contributed by atoms with Crippen LogP contribution in [0.25, 0.3) is 0 Å². The molecule has 1 aromatic heterocycles. The van der Waals surface area contributed by atoms with Gasteiger partial charge in [-0.2, -0.15) is 0 Å². The van der Waals surface area contributed by atoms with Gasteiger partial charge in [0.1, 0.15) is 5.76 Å². The second kappa shape index (κ2) is 5.01. The summed E-state index contributed by atoms with van der Waals surface area (Å²) in [6.45, 7) is 0. The third-order valence-electron chi connectivity index (χ3n) is 3.08. The molecule has 5 heteroatoms. The van der Waals surface area contributed by atoms with E-state index in [1.54, 1.807) is 18.0 Å². The molecule has 0 fully saturated rings. The Hall–Kier alpha value is -1.88. The van der Waals surface area contributed by atoms with Crippen molar-refractivity contribution in [3.05, 3.63) is 41.9 Å². The summed E-state index contributed by atoms with van der Waals surface area (Å²) >= 11 is 1.61. The highest BCUT2D eigenvalue weighted by atomic mass is 32.2. The maximum Gasteiger partial charge on any atom is 0.224 e. The highest BCUT2D eigenvalue weighted by molar-refractivity contribution is 7.98. The van der Waals surface area contributed by atoms with Gasteiger partial charge in [0.25, 0.3) is 0 Å². The molecule has 4 nitrogen and oxygen atoms in total. The van der Waals surface area contributed by atoms with Crippen LogP contribution < -0.4 is 11.1 Å². The number of aryl methyl sites for hydroxylation is 1. The first kappa shape index (κ1) is 12.2. The number of carbonyl (C=O) groups is 1. The van der Waals surface area contributed by atoms with Crippen molar-refractivity contribution >= 4 is 29.0 Å². The third-order valence-corrected chi connectivity index (χ3v) is 4.17. The van der Waals surface area contributed by atoms with Crippen molar-refractivity contribution in [2.24, 2.45) is 0 Å². The van der Waals surface area contributed by atoms with Crippen molar-refractivity contribution < 1.29 is 9.21 Å². The van der Waals surface area contributed by atoms with Gasteiger partial charge in [0.05, 0.1) is 12.0 Å². The van der Waals surface area contributed by atoms with E-state index in [1.165, 1.54) is 0 Å². The van der Waals surface area contributed by atoms with E-state index in [2.05, 4.69) is 5.32 Å². The predicted molar refractivity (Wildman–Crippen MR) is 76.1 cm³/mol. The minimum Gasteiger partial charge on any atom is -0.468 e. The molecule has 1 aliphatic rings. The van der Waals surface area contributed by atoms with Gasteiger partial charge in [0, 0.05) is 22.7 Å². The molecule has 0 unspecified atom stereocenters. The number of thioether (sulfide) groups is 1. The predicted octanol–water partition coefficient (Wildman–Crippen LogP) is 3.04. The Balaban J connectivity index is 1.81. The normalized spacial score (nSPS) is 14.0. The van der Waals surface area contributed by atoms with E-state index in [0.717, 1.165) is 39.8 Å². The lowest BCUT2D eigenvalue weighted by Crippen LogP contribution is -2.19. The van der Waals surface area contributed by atoms with Crippen molar-refractivity contribution in [3.63, 3.8) is 0 Å². The number of hydrogen-bond donors (Lipinski definition) is 2. The van der Waals surface area contributed by atoms with Crippen molar-refractivity contribution in [1.29, 1.82) is 0 Å². The maximum absolute atomic E-state index is 11.4. The van der Waals surface area contributed by atoms with E-state index in [0.29, 0.717) is 6.42 Å². The Labute approximate surface area is 115 Å². The van der Waals surface area contributed by atoms with E-state index >= 15 is 0 Å². The van der Waals surface area contributed by atoms with E-state index in [-0.39, 0.29) is 5.91 Å². The van der Waals surface area contributed by atoms with E-state index < -0.39 is 0 Å². The molecule has 1 aromatic carbocycles. The Kier molecular flexibility index (Phi) is 3.21. The van der Waals surface area contributed by atoms with E-state index in [1.807, 2.05) is 24.3 Å². The molecule has 0 saturated carbocycles. The molecule has 0 bridgehead atoms. The van der Waals surface area contributed by atoms with Crippen LogP contribution in [0.4, 0.5) is 11.4 Å². The van der Waals surface area contributed by atoms with Gasteiger partial charge in [0.15, 0.2) is 0 Å². The van der Waals surface area contributed by atoms with Gasteiger partial charge in [-0.05, 0) is 36.2 Å². The molecule has 98 valence electrons. The van der Waals surface area contributed by atoms with Crippen LogP contribution in [-0.4, -0.2) is 5.91 Å². The van der Waals surface area contributed by atoms with E-state index in [9.17, 15) is 4.79 Å². The smallest absolute Gasteiger partial charge is 0.224 e. The van der Waals surface area contributed by atoms with Gasteiger partial charge >= 0.3 is 0 Å². The summed E-state index contributed by atoms with van der Waals surface area (Å²) < 4.78 is 5.29. The number of benzene rings is 1. The van der Waals surface area contributed by atoms with Gasteiger partial charge in [-0.15, -0.1) is 11.8 Å². The summed E-state index contributed by atoms with van der Waals surface area (Å²) in [4.78, 5) is 12.4. The number of nitrogens with one attached hydrogen (secondary N) is 1. The fourth-order valence-corrected chi connectivity index (χ4v) is 2.99. The fraction of sp³-hybridized carbons (Fsp3) is 0.214. The first-order valence-corrected chi connectivity index (χ1v) is 7.08. The Morgan fingerprint density at radius 3 is 3.05 bits per heavy atom. The number of amides is 1. The standard InChI is InChI=1S/C14H14N2O2S/c15-11-6-9-3-4-14(17)16-12(9)7-13(11)19-8-10-2-1-5-18-10/h1-2,5-7H,3-4,8,15H2,(H,16,17). The van der Waals surface area contributed by atoms with Crippen molar-refractivity contribution in [2.45, 2.75) is 23.5 Å². The lowest BCUT2D eigenvalue weighted by Gasteiger charge is -2.18. The van der Waals surface area contributed by atoms with Crippen LogP contribution in [0.15, 0.2) is 39.8 Å². The Bertz CT molecular complexity index is 608. The molecule has 2 aromatic rings. The molecule has 3 rings (SSSR count). The molecule has 19 heavy (non-hydrogen) atoms. The number of nitrogens with two attached hydrogens (primary N) is 1. The molecule has 0 aliphatic carbocycles. The van der Waals surface area contributed by atoms with Crippen LogP contribution in [-0.2, 0) is 17.0 Å². The third kappa shape index (κ3) is 2.61. The molecule has 0 spiro atoms. The number of fused-ring (bicyclic) bond motifs is 1. The first-order chi connectivity index (χ1) is 9.22. The molecule has 2 heterocycles. The van der Waals surface area contributed by atoms with Crippen LogP contribution >= 0.6 is 11.8 Å². The van der Waals surface area contributed by atoms with Gasteiger partial charge in [-0.3, -0.25) is 4.79 Å². The van der Waals surface area contributed by atoms with Crippen LogP contribution in [0.3, 0.4) is 0 Å². The number of anilines is 2. The minimum absolute atomic E-state index is 0.0688. The average molecular weight is 274 g/mol. The number of hydrogen-bond acceptors (Lipinski definition) is 4. The summed E-state index contributed by atoms with van der Waals surface area (Å²) in [6, 6.07) is 7.71. The maximum atomic E-state index is 11.4. The first-order valence-electron chi connectivity index (χ1n) is 6.10. The van der Waals surface area contributed by atoms with Gasteiger partial charge in [-0.1, -0.05) is 0 Å². The van der Waals surface area contributed by atoms with E-state index in [4.69, 9.17) is 10.2 Å². The zero-order valence-corrected chi connectivity index (χ0v) is 11.1. The van der Waals surface area contributed by atoms with Crippen LogP contribution in [0.1, 0.15) is 17.7 Å². The van der Waals surface area contributed by atoms with Crippen molar-refractivity contribution in [2.75, 3.05) is 11.1 Å².